The number of fused-ring (bicyclic) bond motifs is 1. The predicted molar refractivity (Wildman–Crippen MR) is 121 cm³/mol. The molecule has 30 heavy (non-hydrogen) atoms. The van der Waals surface area contributed by atoms with Crippen LogP contribution in [0.15, 0.2) is 67.0 Å². The van der Waals surface area contributed by atoms with E-state index in [0.29, 0.717) is 6.54 Å². The third-order valence-corrected chi connectivity index (χ3v) is 7.22. The van der Waals surface area contributed by atoms with Crippen molar-refractivity contribution in [3.63, 3.8) is 0 Å². The number of hydrogen-bond acceptors (Lipinski definition) is 3. The van der Waals surface area contributed by atoms with E-state index in [2.05, 4.69) is 65.7 Å². The highest BCUT2D eigenvalue weighted by atomic mass is 16.2. The maximum atomic E-state index is 13.0. The van der Waals surface area contributed by atoms with Gasteiger partial charge in [0.25, 0.3) is 0 Å². The van der Waals surface area contributed by atoms with Gasteiger partial charge in [0.05, 0.1) is 24.0 Å². The summed E-state index contributed by atoms with van der Waals surface area (Å²) in [5.41, 5.74) is 2.10. The molecule has 5 heteroatoms. The second-order valence-electron chi connectivity index (χ2n) is 8.97. The van der Waals surface area contributed by atoms with Crippen molar-refractivity contribution in [2.24, 2.45) is 0 Å². The molecule has 1 aliphatic carbocycles. The molecule has 1 aromatic heterocycles. The molecule has 1 spiro atoms. The van der Waals surface area contributed by atoms with Gasteiger partial charge >= 0.3 is 6.03 Å². The lowest BCUT2D eigenvalue weighted by molar-refractivity contribution is 0.0658. The fraction of sp³-hybridized carbons (Fsp3) is 0.360. The highest BCUT2D eigenvalue weighted by Gasteiger charge is 2.50. The number of anilines is 1. The van der Waals surface area contributed by atoms with Gasteiger partial charge in [-0.2, -0.15) is 0 Å². The normalized spacial score (nSPS) is 26.5. The first-order valence-corrected chi connectivity index (χ1v) is 10.7. The molecule has 0 bridgehead atoms. The van der Waals surface area contributed by atoms with Gasteiger partial charge in [-0.05, 0) is 45.3 Å². The number of aromatic nitrogens is 1. The van der Waals surface area contributed by atoms with Crippen LogP contribution in [0.25, 0.3) is 10.8 Å². The van der Waals surface area contributed by atoms with Crippen LogP contribution in [0.3, 0.4) is 0 Å². The van der Waals surface area contributed by atoms with Crippen LogP contribution in [0, 0.1) is 0 Å². The fourth-order valence-electron chi connectivity index (χ4n) is 5.39. The average Bonchev–Trinajstić information content (AvgIpc) is 3.10. The molecule has 5 nitrogen and oxygen atoms in total. The number of nitrogens with one attached hydrogen (secondary N) is 1. The minimum absolute atomic E-state index is 0.00906. The number of benzene rings is 2. The van der Waals surface area contributed by atoms with Crippen LogP contribution in [0.4, 0.5) is 10.5 Å². The Kier molecular flexibility index (Phi) is 4.51. The summed E-state index contributed by atoms with van der Waals surface area (Å²) in [7, 11) is 4.35. The predicted octanol–water partition coefficient (Wildman–Crippen LogP) is 4.53. The number of pyridine rings is 1. The van der Waals surface area contributed by atoms with Gasteiger partial charge in [0.1, 0.15) is 0 Å². The molecule has 1 saturated heterocycles. The summed E-state index contributed by atoms with van der Waals surface area (Å²) in [6.07, 6.45) is 7.63. The molecule has 2 amide bonds. The highest BCUT2D eigenvalue weighted by Crippen LogP contribution is 2.46. The van der Waals surface area contributed by atoms with Crippen LogP contribution < -0.4 is 10.2 Å². The molecule has 2 heterocycles. The quantitative estimate of drug-likeness (QED) is 0.702. The maximum absolute atomic E-state index is 13.0. The Morgan fingerprint density at radius 3 is 2.37 bits per heavy atom. The molecule has 2 aliphatic rings. The molecule has 2 fully saturated rings. The topological polar surface area (TPSA) is 48.5 Å². The van der Waals surface area contributed by atoms with Crippen molar-refractivity contribution in [1.29, 1.82) is 0 Å². The molecule has 1 N–H and O–H groups in total. The van der Waals surface area contributed by atoms with Gasteiger partial charge < -0.3 is 5.32 Å². The number of rotatable bonds is 3. The lowest BCUT2D eigenvalue weighted by Gasteiger charge is -2.48. The first-order chi connectivity index (χ1) is 14.5. The second-order valence-corrected chi connectivity index (χ2v) is 8.97. The van der Waals surface area contributed by atoms with E-state index in [0.717, 1.165) is 42.1 Å². The molecule has 0 unspecified atom stereocenters. The summed E-state index contributed by atoms with van der Waals surface area (Å²) in [6.45, 7) is 0.694. The van der Waals surface area contributed by atoms with Crippen LogP contribution in [0.5, 0.6) is 0 Å². The van der Waals surface area contributed by atoms with Gasteiger partial charge in [-0.15, -0.1) is 0 Å². The third-order valence-electron chi connectivity index (χ3n) is 7.22. The standard InChI is InChI=1S/C25H28N4O/c1-28(2)25(20-9-4-3-5-10-20)14-12-24(13-15-25)18-29(23(30)27-24)22-17-26-16-19-8-6-7-11-21(19)22/h3-11,16-17H,12-15,18H2,1-2H3,(H,27,30)/t24-,25+. The minimum Gasteiger partial charge on any atom is -0.330 e. The second kappa shape index (κ2) is 7.10. The number of amides is 2. The van der Waals surface area contributed by atoms with Crippen molar-refractivity contribution in [3.05, 3.63) is 72.6 Å². The van der Waals surface area contributed by atoms with E-state index in [1.165, 1.54) is 5.56 Å². The van der Waals surface area contributed by atoms with E-state index in [1.807, 2.05) is 35.5 Å². The van der Waals surface area contributed by atoms with Crippen LogP contribution in [-0.4, -0.2) is 42.1 Å². The van der Waals surface area contributed by atoms with Crippen molar-refractivity contribution in [1.82, 2.24) is 15.2 Å². The van der Waals surface area contributed by atoms with Crippen LogP contribution in [-0.2, 0) is 5.54 Å². The summed E-state index contributed by atoms with van der Waals surface area (Å²) < 4.78 is 0. The van der Waals surface area contributed by atoms with Gasteiger partial charge in [0.15, 0.2) is 0 Å². The molecule has 2 aromatic carbocycles. The zero-order valence-corrected chi connectivity index (χ0v) is 17.6. The van der Waals surface area contributed by atoms with E-state index >= 15 is 0 Å². The molecular formula is C25H28N4O. The highest BCUT2D eigenvalue weighted by molar-refractivity contribution is 6.04. The fourth-order valence-corrected chi connectivity index (χ4v) is 5.39. The van der Waals surface area contributed by atoms with Gasteiger partial charge in [-0.25, -0.2) is 4.79 Å². The van der Waals surface area contributed by atoms with Gasteiger partial charge in [0, 0.05) is 22.5 Å². The molecule has 1 saturated carbocycles. The molecule has 1 aliphatic heterocycles. The number of urea groups is 1. The number of carbonyl (C=O) groups is 1. The summed E-state index contributed by atoms with van der Waals surface area (Å²) in [4.78, 5) is 21.7. The Labute approximate surface area is 177 Å². The molecule has 154 valence electrons. The van der Waals surface area contributed by atoms with Gasteiger partial charge in [-0.3, -0.25) is 14.8 Å². The van der Waals surface area contributed by atoms with Crippen molar-refractivity contribution < 1.29 is 4.79 Å². The summed E-state index contributed by atoms with van der Waals surface area (Å²) in [6, 6.07) is 18.9. The molecule has 0 atom stereocenters. The zero-order valence-electron chi connectivity index (χ0n) is 17.6. The third kappa shape index (κ3) is 2.96. The monoisotopic (exact) mass is 400 g/mol. The summed E-state index contributed by atoms with van der Waals surface area (Å²) in [5.74, 6) is 0. The molecule has 0 radical (unpaired) electrons. The maximum Gasteiger partial charge on any atom is 0.322 e. The number of carbonyl (C=O) groups excluding carboxylic acids is 1. The van der Waals surface area contributed by atoms with Crippen molar-refractivity contribution in [2.75, 3.05) is 25.5 Å². The Bertz CT molecular complexity index is 1070. The van der Waals surface area contributed by atoms with E-state index in [1.54, 1.807) is 0 Å². The molecule has 3 aromatic rings. The van der Waals surface area contributed by atoms with E-state index in [9.17, 15) is 4.79 Å². The summed E-state index contributed by atoms with van der Waals surface area (Å²) in [5, 5.41) is 5.48. The van der Waals surface area contributed by atoms with Gasteiger partial charge in [0.2, 0.25) is 0 Å². The lowest BCUT2D eigenvalue weighted by Crippen LogP contribution is -2.54. The average molecular weight is 401 g/mol. The number of nitrogens with zero attached hydrogens (tertiary/aromatic N) is 3. The Balaban J connectivity index is 1.42. The largest absolute Gasteiger partial charge is 0.330 e. The number of hydrogen-bond donors (Lipinski definition) is 1. The van der Waals surface area contributed by atoms with Crippen molar-refractivity contribution in [2.45, 2.75) is 36.8 Å². The minimum atomic E-state index is -0.178. The van der Waals surface area contributed by atoms with E-state index in [4.69, 9.17) is 0 Å². The van der Waals surface area contributed by atoms with Crippen LogP contribution in [0.2, 0.25) is 0 Å². The van der Waals surface area contributed by atoms with E-state index in [-0.39, 0.29) is 17.1 Å². The lowest BCUT2D eigenvalue weighted by atomic mass is 9.69. The molecule has 5 rings (SSSR count). The SMILES string of the molecule is CN(C)[C@]1(c2ccccc2)CC[C@]2(CC1)CN(c1cncc3ccccc13)C(=O)N2. The van der Waals surface area contributed by atoms with Crippen molar-refractivity contribution >= 4 is 22.5 Å². The van der Waals surface area contributed by atoms with E-state index < -0.39 is 0 Å². The summed E-state index contributed by atoms with van der Waals surface area (Å²) >= 11 is 0. The van der Waals surface area contributed by atoms with Crippen molar-refractivity contribution in [3.8, 4) is 0 Å². The van der Waals surface area contributed by atoms with Crippen LogP contribution in [0.1, 0.15) is 31.2 Å². The molecular weight excluding hydrogens is 372 g/mol. The smallest absolute Gasteiger partial charge is 0.322 e. The van der Waals surface area contributed by atoms with Gasteiger partial charge in [-0.1, -0.05) is 54.6 Å². The zero-order chi connectivity index (χ0) is 20.8. The Hall–Kier alpha value is -2.92. The first-order valence-electron chi connectivity index (χ1n) is 10.7. The Morgan fingerprint density at radius 2 is 1.63 bits per heavy atom. The Morgan fingerprint density at radius 1 is 0.933 bits per heavy atom. The first kappa shape index (κ1) is 19.1. The van der Waals surface area contributed by atoms with Crippen LogP contribution >= 0.6 is 0 Å².